The average Bonchev–Trinajstić information content (AvgIpc) is 2.50. The van der Waals surface area contributed by atoms with Crippen molar-refractivity contribution in [1.29, 1.82) is 0 Å². The van der Waals surface area contributed by atoms with Gasteiger partial charge in [0.2, 0.25) is 0 Å². The molecule has 0 aliphatic heterocycles. The van der Waals surface area contributed by atoms with Crippen LogP contribution in [0, 0.1) is 6.92 Å². The summed E-state index contributed by atoms with van der Waals surface area (Å²) < 4.78 is 0. The van der Waals surface area contributed by atoms with Crippen LogP contribution in [-0.4, -0.2) is 23.7 Å². The smallest absolute Gasteiger partial charge is 0.253 e. The number of carbonyl (C=O) groups is 1. The highest BCUT2D eigenvalue weighted by atomic mass is 16.3. The first-order valence-corrected chi connectivity index (χ1v) is 6.92. The molecule has 0 saturated carbocycles. The van der Waals surface area contributed by atoms with E-state index in [1.165, 1.54) is 0 Å². The number of nitrogen functional groups attached to an aromatic ring is 1. The van der Waals surface area contributed by atoms with Crippen molar-refractivity contribution in [1.82, 2.24) is 5.32 Å². The van der Waals surface area contributed by atoms with Crippen molar-refractivity contribution in [3.05, 3.63) is 65.2 Å². The van der Waals surface area contributed by atoms with Gasteiger partial charge in [0.05, 0.1) is 18.2 Å². The molecule has 2 rings (SSSR count). The molecular formula is C17H20N2O2. The molecule has 4 N–H and O–H groups in total. The lowest BCUT2D eigenvalue weighted by Gasteiger charge is -2.17. The number of para-hydroxylation sites is 1. The van der Waals surface area contributed by atoms with E-state index in [4.69, 9.17) is 5.73 Å². The first kappa shape index (κ1) is 15.1. The number of aryl methyl sites for hydroxylation is 1. The van der Waals surface area contributed by atoms with Gasteiger partial charge in [0.1, 0.15) is 0 Å². The van der Waals surface area contributed by atoms with E-state index >= 15 is 0 Å². The fourth-order valence-corrected chi connectivity index (χ4v) is 2.20. The zero-order chi connectivity index (χ0) is 15.2. The molecule has 0 spiro atoms. The van der Waals surface area contributed by atoms with Crippen LogP contribution < -0.4 is 11.1 Å². The topological polar surface area (TPSA) is 75.3 Å². The number of aliphatic hydroxyl groups excluding tert-OH is 1. The fourth-order valence-electron chi connectivity index (χ4n) is 2.20. The van der Waals surface area contributed by atoms with Gasteiger partial charge in [0.15, 0.2) is 0 Å². The van der Waals surface area contributed by atoms with E-state index in [0.717, 1.165) is 11.1 Å². The van der Waals surface area contributed by atoms with E-state index in [2.05, 4.69) is 5.32 Å². The second-order valence-corrected chi connectivity index (χ2v) is 5.08. The summed E-state index contributed by atoms with van der Waals surface area (Å²) in [6, 6.07) is 14.8. The minimum atomic E-state index is -0.334. The van der Waals surface area contributed by atoms with E-state index in [0.29, 0.717) is 17.7 Å². The second-order valence-electron chi connectivity index (χ2n) is 5.08. The Morgan fingerprint density at radius 3 is 2.57 bits per heavy atom. The Bertz CT molecular complexity index is 611. The van der Waals surface area contributed by atoms with Crippen molar-refractivity contribution < 1.29 is 9.90 Å². The maximum absolute atomic E-state index is 12.3. The number of aliphatic hydroxyl groups is 1. The lowest BCUT2D eigenvalue weighted by molar-refractivity contribution is 0.0917. The molecule has 0 unspecified atom stereocenters. The highest BCUT2D eigenvalue weighted by molar-refractivity contribution is 5.99. The van der Waals surface area contributed by atoms with Crippen molar-refractivity contribution in [3.8, 4) is 0 Å². The maximum atomic E-state index is 12.3. The molecule has 2 aromatic carbocycles. The number of hydrogen-bond acceptors (Lipinski definition) is 3. The third-order valence-electron chi connectivity index (χ3n) is 3.45. The minimum Gasteiger partial charge on any atom is -0.398 e. The van der Waals surface area contributed by atoms with Crippen LogP contribution in [0.4, 0.5) is 5.69 Å². The number of benzene rings is 2. The van der Waals surface area contributed by atoms with Gasteiger partial charge >= 0.3 is 0 Å². The third kappa shape index (κ3) is 3.83. The minimum absolute atomic E-state index is 0.119. The molecule has 2 aromatic rings. The van der Waals surface area contributed by atoms with E-state index < -0.39 is 0 Å². The highest BCUT2D eigenvalue weighted by Gasteiger charge is 2.16. The highest BCUT2D eigenvalue weighted by Crippen LogP contribution is 2.16. The molecule has 0 aliphatic rings. The van der Waals surface area contributed by atoms with Crippen LogP contribution in [0.5, 0.6) is 0 Å². The van der Waals surface area contributed by atoms with Crippen molar-refractivity contribution in [2.24, 2.45) is 0 Å². The van der Waals surface area contributed by atoms with E-state index in [9.17, 15) is 9.90 Å². The van der Waals surface area contributed by atoms with E-state index in [1.54, 1.807) is 12.1 Å². The third-order valence-corrected chi connectivity index (χ3v) is 3.45. The zero-order valence-corrected chi connectivity index (χ0v) is 12.0. The first-order chi connectivity index (χ1) is 10.1. The Morgan fingerprint density at radius 1 is 1.19 bits per heavy atom. The largest absolute Gasteiger partial charge is 0.398 e. The molecule has 21 heavy (non-hydrogen) atoms. The standard InChI is InChI=1S/C17H20N2O2/c1-12-6-5-9-15(16(12)18)17(21)19-14(11-20)10-13-7-3-2-4-8-13/h2-9,14,20H,10-11,18H2,1H3,(H,19,21)/t14-/m1/s1. The van der Waals surface area contributed by atoms with Gasteiger partial charge in [-0.15, -0.1) is 0 Å². The van der Waals surface area contributed by atoms with Crippen molar-refractivity contribution in [2.75, 3.05) is 12.3 Å². The maximum Gasteiger partial charge on any atom is 0.253 e. The van der Waals surface area contributed by atoms with Crippen LogP contribution in [0.15, 0.2) is 48.5 Å². The number of nitrogens with one attached hydrogen (secondary N) is 1. The first-order valence-electron chi connectivity index (χ1n) is 6.92. The number of carbonyl (C=O) groups excluding carboxylic acids is 1. The summed E-state index contributed by atoms with van der Waals surface area (Å²) in [6.45, 7) is 1.74. The second kappa shape index (κ2) is 6.90. The van der Waals surface area contributed by atoms with Gasteiger partial charge in [-0.3, -0.25) is 4.79 Å². The quantitative estimate of drug-likeness (QED) is 0.734. The van der Waals surface area contributed by atoms with Crippen molar-refractivity contribution in [3.63, 3.8) is 0 Å². The summed E-state index contributed by atoms with van der Waals surface area (Å²) >= 11 is 0. The lowest BCUT2D eigenvalue weighted by Crippen LogP contribution is -2.39. The molecular weight excluding hydrogens is 264 g/mol. The van der Waals surface area contributed by atoms with Gasteiger partial charge in [-0.2, -0.15) is 0 Å². The molecule has 0 bridgehead atoms. The Morgan fingerprint density at radius 2 is 1.90 bits per heavy atom. The molecule has 110 valence electrons. The summed E-state index contributed by atoms with van der Waals surface area (Å²) in [5.74, 6) is -0.258. The number of amides is 1. The molecule has 0 radical (unpaired) electrons. The predicted molar refractivity (Wildman–Crippen MR) is 84.1 cm³/mol. The van der Waals surface area contributed by atoms with Crippen LogP contribution in [0.2, 0.25) is 0 Å². The van der Waals surface area contributed by atoms with Crippen molar-refractivity contribution in [2.45, 2.75) is 19.4 Å². The van der Waals surface area contributed by atoms with Gasteiger partial charge in [-0.25, -0.2) is 0 Å². The molecule has 4 heteroatoms. The Labute approximate surface area is 124 Å². The van der Waals surface area contributed by atoms with E-state index in [1.807, 2.05) is 43.3 Å². The predicted octanol–water partition coefficient (Wildman–Crippen LogP) is 1.91. The van der Waals surface area contributed by atoms with Gasteiger partial charge in [0.25, 0.3) is 5.91 Å². The molecule has 1 atom stereocenters. The number of nitrogens with two attached hydrogens (primary N) is 1. The van der Waals surface area contributed by atoms with Crippen LogP contribution >= 0.6 is 0 Å². The van der Waals surface area contributed by atoms with Gasteiger partial charge < -0.3 is 16.2 Å². The van der Waals surface area contributed by atoms with Crippen molar-refractivity contribution >= 4 is 11.6 Å². The van der Waals surface area contributed by atoms with Crippen LogP contribution in [-0.2, 0) is 6.42 Å². The van der Waals surface area contributed by atoms with Crippen LogP contribution in [0.1, 0.15) is 21.5 Å². The molecule has 0 aliphatic carbocycles. The molecule has 4 nitrogen and oxygen atoms in total. The Kier molecular flexibility index (Phi) is 4.95. The molecule has 0 fully saturated rings. The normalized spacial score (nSPS) is 11.9. The lowest BCUT2D eigenvalue weighted by atomic mass is 10.0. The van der Waals surface area contributed by atoms with Crippen LogP contribution in [0.25, 0.3) is 0 Å². The zero-order valence-electron chi connectivity index (χ0n) is 12.0. The van der Waals surface area contributed by atoms with E-state index in [-0.39, 0.29) is 18.6 Å². The molecule has 1 amide bonds. The Balaban J connectivity index is 2.08. The SMILES string of the molecule is Cc1cccc(C(=O)N[C@@H](CO)Cc2ccccc2)c1N. The number of hydrogen-bond donors (Lipinski definition) is 3. The summed E-state index contributed by atoms with van der Waals surface area (Å²) in [7, 11) is 0. The summed E-state index contributed by atoms with van der Waals surface area (Å²) in [5.41, 5.74) is 8.78. The molecule has 0 saturated heterocycles. The monoisotopic (exact) mass is 284 g/mol. The van der Waals surface area contributed by atoms with Gasteiger partial charge in [0, 0.05) is 5.69 Å². The summed E-state index contributed by atoms with van der Waals surface area (Å²) in [4.78, 5) is 12.3. The number of rotatable bonds is 5. The van der Waals surface area contributed by atoms with Crippen LogP contribution in [0.3, 0.4) is 0 Å². The Hall–Kier alpha value is -2.33. The molecule has 0 aromatic heterocycles. The van der Waals surface area contributed by atoms with Gasteiger partial charge in [-0.1, -0.05) is 42.5 Å². The molecule has 0 heterocycles. The fraction of sp³-hybridized carbons (Fsp3) is 0.235. The summed E-state index contributed by atoms with van der Waals surface area (Å²) in [5, 5.41) is 12.3. The average molecular weight is 284 g/mol. The van der Waals surface area contributed by atoms with Gasteiger partial charge in [-0.05, 0) is 30.5 Å². The number of anilines is 1. The summed E-state index contributed by atoms with van der Waals surface area (Å²) in [6.07, 6.45) is 0.578.